The maximum absolute atomic E-state index is 14.2. The highest BCUT2D eigenvalue weighted by molar-refractivity contribution is 5.54. The minimum absolute atomic E-state index is 0.194. The monoisotopic (exact) mass is 279 g/mol. The largest absolute Gasteiger partial charge is 0.365 e. The summed E-state index contributed by atoms with van der Waals surface area (Å²) in [5.41, 5.74) is 0.299. The third-order valence-corrected chi connectivity index (χ3v) is 4.02. The zero-order valence-corrected chi connectivity index (χ0v) is 11.2. The molecule has 2 aliphatic rings. The van der Waals surface area contributed by atoms with Gasteiger partial charge in [0.15, 0.2) is 5.82 Å². The topological polar surface area (TPSA) is 58.4 Å². The van der Waals surface area contributed by atoms with Crippen LogP contribution in [0.25, 0.3) is 0 Å². The molecular weight excluding hydrogens is 261 g/mol. The Balaban J connectivity index is 1.81. The Morgan fingerprint density at radius 2 is 2.20 bits per heavy atom. The molecule has 20 heavy (non-hydrogen) atoms. The van der Waals surface area contributed by atoms with E-state index in [1.54, 1.807) is 6.07 Å². The predicted octanol–water partition coefficient (Wildman–Crippen LogP) is 2.45. The Morgan fingerprint density at radius 3 is 2.75 bits per heavy atom. The molecule has 5 nitrogen and oxygen atoms in total. The Labute approximate surface area is 116 Å². The summed E-state index contributed by atoms with van der Waals surface area (Å²) in [4.78, 5) is 12.2. The van der Waals surface area contributed by atoms with Gasteiger partial charge in [-0.25, -0.2) is 4.39 Å². The van der Waals surface area contributed by atoms with E-state index in [0.29, 0.717) is 17.8 Å². The van der Waals surface area contributed by atoms with Gasteiger partial charge in [-0.3, -0.25) is 10.1 Å². The highest BCUT2D eigenvalue weighted by Gasteiger charge is 2.33. The molecule has 108 valence electrons. The van der Waals surface area contributed by atoms with E-state index < -0.39 is 10.7 Å². The SMILES string of the molecule is O=[N+]([O-])c1ccc(N(CC2CCCN2)C2CC2)c(F)c1. The van der Waals surface area contributed by atoms with Crippen molar-refractivity contribution in [1.29, 1.82) is 0 Å². The lowest BCUT2D eigenvalue weighted by Crippen LogP contribution is -2.39. The number of nitro benzene ring substituents is 1. The Bertz CT molecular complexity index is 513. The van der Waals surface area contributed by atoms with Crippen LogP contribution in [0.4, 0.5) is 15.8 Å². The molecule has 2 fully saturated rings. The second-order valence-corrected chi connectivity index (χ2v) is 5.57. The first-order valence-electron chi connectivity index (χ1n) is 7.09. The number of hydrogen-bond acceptors (Lipinski definition) is 4. The van der Waals surface area contributed by atoms with Crippen LogP contribution < -0.4 is 10.2 Å². The molecule has 3 rings (SSSR count). The lowest BCUT2D eigenvalue weighted by atomic mass is 10.2. The molecule has 1 heterocycles. The van der Waals surface area contributed by atoms with Crippen LogP contribution in [0.3, 0.4) is 0 Å². The number of anilines is 1. The summed E-state index contributed by atoms with van der Waals surface area (Å²) in [5.74, 6) is -0.496. The Morgan fingerprint density at radius 1 is 1.40 bits per heavy atom. The van der Waals surface area contributed by atoms with E-state index in [9.17, 15) is 14.5 Å². The summed E-state index contributed by atoms with van der Waals surface area (Å²) < 4.78 is 14.2. The molecule has 1 aliphatic heterocycles. The molecule has 0 bridgehead atoms. The van der Waals surface area contributed by atoms with Gasteiger partial charge in [-0.15, -0.1) is 0 Å². The lowest BCUT2D eigenvalue weighted by molar-refractivity contribution is -0.385. The molecule has 1 saturated heterocycles. The van der Waals surface area contributed by atoms with E-state index in [4.69, 9.17) is 0 Å². The Kier molecular flexibility index (Phi) is 3.56. The van der Waals surface area contributed by atoms with E-state index in [1.165, 1.54) is 6.07 Å². The van der Waals surface area contributed by atoms with Gasteiger partial charge in [-0.2, -0.15) is 0 Å². The van der Waals surface area contributed by atoms with Gasteiger partial charge < -0.3 is 10.2 Å². The zero-order chi connectivity index (χ0) is 14.1. The van der Waals surface area contributed by atoms with Crippen molar-refractivity contribution in [3.8, 4) is 0 Å². The standard InChI is InChI=1S/C14H18FN3O2/c15-13-8-12(18(19)20)5-6-14(13)17(11-3-4-11)9-10-2-1-7-16-10/h5-6,8,10-11,16H,1-4,7,9H2. The molecule has 1 aromatic carbocycles. The molecule has 1 saturated carbocycles. The van der Waals surface area contributed by atoms with Gasteiger partial charge in [0.25, 0.3) is 5.69 Å². The summed E-state index contributed by atoms with van der Waals surface area (Å²) in [6, 6.07) is 4.72. The number of hydrogen-bond donors (Lipinski definition) is 1. The van der Waals surface area contributed by atoms with Crippen molar-refractivity contribution < 1.29 is 9.31 Å². The van der Waals surface area contributed by atoms with Crippen molar-refractivity contribution >= 4 is 11.4 Å². The third kappa shape index (κ3) is 2.75. The van der Waals surface area contributed by atoms with Gasteiger partial charge >= 0.3 is 0 Å². The second kappa shape index (κ2) is 5.36. The number of benzene rings is 1. The first-order valence-corrected chi connectivity index (χ1v) is 7.09. The van der Waals surface area contributed by atoms with E-state index in [-0.39, 0.29) is 5.69 Å². The summed E-state index contributed by atoms with van der Waals surface area (Å²) in [6.45, 7) is 1.80. The van der Waals surface area contributed by atoms with Crippen LogP contribution in [0.2, 0.25) is 0 Å². The lowest BCUT2D eigenvalue weighted by Gasteiger charge is -2.28. The molecule has 0 amide bonds. The highest BCUT2D eigenvalue weighted by Crippen LogP contribution is 2.34. The minimum Gasteiger partial charge on any atom is -0.365 e. The van der Waals surface area contributed by atoms with E-state index in [1.807, 2.05) is 0 Å². The smallest absolute Gasteiger partial charge is 0.272 e. The minimum atomic E-state index is -0.563. The third-order valence-electron chi connectivity index (χ3n) is 4.02. The van der Waals surface area contributed by atoms with Gasteiger partial charge in [0.2, 0.25) is 0 Å². The zero-order valence-electron chi connectivity index (χ0n) is 11.2. The average Bonchev–Trinajstić information content (AvgIpc) is 3.14. The maximum atomic E-state index is 14.2. The van der Waals surface area contributed by atoms with Crippen LogP contribution >= 0.6 is 0 Å². The van der Waals surface area contributed by atoms with E-state index in [2.05, 4.69) is 10.2 Å². The molecule has 1 unspecified atom stereocenters. The first kappa shape index (κ1) is 13.3. The van der Waals surface area contributed by atoms with Crippen molar-refractivity contribution in [3.63, 3.8) is 0 Å². The quantitative estimate of drug-likeness (QED) is 0.664. The van der Waals surface area contributed by atoms with Gasteiger partial charge in [0, 0.05) is 24.7 Å². The summed E-state index contributed by atoms with van der Waals surface area (Å²) in [7, 11) is 0. The van der Waals surface area contributed by atoms with Gasteiger partial charge in [-0.1, -0.05) is 0 Å². The van der Waals surface area contributed by atoms with Crippen LogP contribution in [0.5, 0.6) is 0 Å². The fourth-order valence-corrected chi connectivity index (χ4v) is 2.82. The van der Waals surface area contributed by atoms with Crippen molar-refractivity contribution in [2.75, 3.05) is 18.0 Å². The van der Waals surface area contributed by atoms with E-state index in [0.717, 1.165) is 44.8 Å². The van der Waals surface area contributed by atoms with Crippen molar-refractivity contribution in [2.45, 2.75) is 37.8 Å². The number of non-ortho nitro benzene ring substituents is 1. The Hall–Kier alpha value is -1.69. The number of rotatable bonds is 5. The fraction of sp³-hybridized carbons (Fsp3) is 0.571. The highest BCUT2D eigenvalue weighted by atomic mass is 19.1. The second-order valence-electron chi connectivity index (χ2n) is 5.57. The molecule has 0 spiro atoms. The van der Waals surface area contributed by atoms with Crippen LogP contribution in [-0.4, -0.2) is 30.1 Å². The molecular formula is C14H18FN3O2. The van der Waals surface area contributed by atoms with E-state index >= 15 is 0 Å². The molecule has 1 aliphatic carbocycles. The van der Waals surface area contributed by atoms with Crippen molar-refractivity contribution in [1.82, 2.24) is 5.32 Å². The average molecular weight is 279 g/mol. The summed E-state index contributed by atoms with van der Waals surface area (Å²) in [5, 5.41) is 14.1. The molecule has 1 atom stereocenters. The summed E-state index contributed by atoms with van der Waals surface area (Å²) >= 11 is 0. The van der Waals surface area contributed by atoms with Crippen LogP contribution in [0.15, 0.2) is 18.2 Å². The maximum Gasteiger partial charge on any atom is 0.272 e. The fourth-order valence-electron chi connectivity index (χ4n) is 2.82. The van der Waals surface area contributed by atoms with Crippen LogP contribution in [0.1, 0.15) is 25.7 Å². The number of nitrogens with zero attached hydrogens (tertiary/aromatic N) is 2. The molecule has 0 radical (unpaired) electrons. The van der Waals surface area contributed by atoms with Crippen LogP contribution in [0, 0.1) is 15.9 Å². The van der Waals surface area contributed by atoms with Gasteiger partial charge in [0.05, 0.1) is 16.7 Å². The van der Waals surface area contributed by atoms with Crippen molar-refractivity contribution in [3.05, 3.63) is 34.1 Å². The first-order chi connectivity index (χ1) is 9.65. The normalized spacial score (nSPS) is 21.9. The van der Waals surface area contributed by atoms with Gasteiger partial charge in [-0.05, 0) is 38.3 Å². The number of halogens is 1. The van der Waals surface area contributed by atoms with Crippen molar-refractivity contribution in [2.24, 2.45) is 0 Å². The number of nitro groups is 1. The molecule has 1 aromatic rings. The number of nitrogens with one attached hydrogen (secondary N) is 1. The van der Waals surface area contributed by atoms with Crippen LogP contribution in [-0.2, 0) is 0 Å². The molecule has 6 heteroatoms. The molecule has 0 aromatic heterocycles. The predicted molar refractivity (Wildman–Crippen MR) is 74.4 cm³/mol. The molecule has 1 N–H and O–H groups in total. The van der Waals surface area contributed by atoms with Gasteiger partial charge in [0.1, 0.15) is 0 Å². The summed E-state index contributed by atoms with van der Waals surface area (Å²) in [6.07, 6.45) is 4.41.